The second kappa shape index (κ2) is 9.12. The van der Waals surface area contributed by atoms with Crippen molar-refractivity contribution in [2.45, 2.75) is 33.1 Å². The normalized spacial score (nSPS) is 11.1. The molecule has 0 aromatic carbocycles. The predicted molar refractivity (Wildman–Crippen MR) is 61.5 cm³/mol. The quantitative estimate of drug-likeness (QED) is 0.398. The summed E-state index contributed by atoms with van der Waals surface area (Å²) < 4.78 is 4.86. The van der Waals surface area contributed by atoms with Crippen LogP contribution < -0.4 is 0 Å². The first kappa shape index (κ1) is 13.5. The number of rotatable bonds is 7. The van der Waals surface area contributed by atoms with Crippen molar-refractivity contribution in [3.63, 3.8) is 0 Å². The molecule has 0 aliphatic heterocycles. The van der Waals surface area contributed by atoms with Crippen molar-refractivity contribution in [2.75, 3.05) is 6.61 Å². The van der Waals surface area contributed by atoms with Crippen LogP contribution in [0.2, 0.25) is 0 Å². The van der Waals surface area contributed by atoms with Crippen LogP contribution in [-0.2, 0) is 9.53 Å². The van der Waals surface area contributed by atoms with Gasteiger partial charge in [0.2, 0.25) is 0 Å². The zero-order valence-corrected chi connectivity index (χ0v) is 9.32. The van der Waals surface area contributed by atoms with Gasteiger partial charge in [0, 0.05) is 6.20 Å². The fourth-order valence-electron chi connectivity index (χ4n) is 0.851. The Morgan fingerprint density at radius 3 is 2.80 bits per heavy atom. The van der Waals surface area contributed by atoms with E-state index in [4.69, 9.17) is 10.1 Å². The van der Waals surface area contributed by atoms with Crippen molar-refractivity contribution in [2.24, 2.45) is 4.99 Å². The molecule has 0 spiro atoms. The minimum absolute atomic E-state index is 0.218. The van der Waals surface area contributed by atoms with E-state index in [0.717, 1.165) is 19.3 Å². The lowest BCUT2D eigenvalue weighted by Gasteiger charge is -2.01. The maximum absolute atomic E-state index is 11.1. The molecule has 0 fully saturated rings. The molecule has 0 radical (unpaired) electrons. The highest BCUT2D eigenvalue weighted by atomic mass is 16.5. The summed E-state index contributed by atoms with van der Waals surface area (Å²) >= 11 is 0. The van der Waals surface area contributed by atoms with Gasteiger partial charge in [-0.05, 0) is 13.3 Å². The van der Waals surface area contributed by atoms with Gasteiger partial charge in [-0.2, -0.15) is 0 Å². The molecule has 0 aliphatic carbocycles. The van der Waals surface area contributed by atoms with Crippen LogP contribution in [0.3, 0.4) is 0 Å². The molecule has 4 heteroatoms. The lowest BCUT2D eigenvalue weighted by Crippen LogP contribution is -2.18. The summed E-state index contributed by atoms with van der Waals surface area (Å²) in [5.74, 6) is -0.612. The maximum atomic E-state index is 11.1. The average molecular weight is 210 g/mol. The Morgan fingerprint density at radius 2 is 2.20 bits per heavy atom. The minimum Gasteiger partial charge on any atom is -0.461 e. The molecule has 0 amide bonds. The van der Waals surface area contributed by atoms with E-state index in [9.17, 15) is 4.79 Å². The number of hydrogen-bond acceptors (Lipinski definition) is 4. The SMILES string of the molecule is CC=CN=CC(=N)C(=O)OCCCCC. The third-order valence-electron chi connectivity index (χ3n) is 1.64. The first-order valence-electron chi connectivity index (χ1n) is 5.12. The van der Waals surface area contributed by atoms with Crippen molar-refractivity contribution in [1.29, 1.82) is 5.41 Å². The molecule has 15 heavy (non-hydrogen) atoms. The summed E-state index contributed by atoms with van der Waals surface area (Å²) in [6.45, 7) is 4.27. The van der Waals surface area contributed by atoms with Crippen molar-refractivity contribution in [1.82, 2.24) is 0 Å². The van der Waals surface area contributed by atoms with Crippen LogP contribution in [0, 0.1) is 5.41 Å². The highest BCUT2D eigenvalue weighted by Crippen LogP contribution is 1.94. The van der Waals surface area contributed by atoms with Crippen LogP contribution in [0.4, 0.5) is 0 Å². The Morgan fingerprint density at radius 1 is 1.47 bits per heavy atom. The summed E-state index contributed by atoms with van der Waals surface area (Å²) in [7, 11) is 0. The van der Waals surface area contributed by atoms with E-state index in [1.54, 1.807) is 6.08 Å². The Bertz CT molecular complexity index is 257. The van der Waals surface area contributed by atoms with E-state index in [1.807, 2.05) is 6.92 Å². The average Bonchev–Trinajstić information content (AvgIpc) is 2.24. The zero-order chi connectivity index (χ0) is 11.5. The number of nitrogens with one attached hydrogen (secondary N) is 1. The summed E-state index contributed by atoms with van der Waals surface area (Å²) in [6.07, 6.45) is 7.38. The number of nitrogens with zero attached hydrogens (tertiary/aromatic N) is 1. The molecule has 0 atom stereocenters. The summed E-state index contributed by atoms with van der Waals surface area (Å²) in [5.41, 5.74) is -0.218. The van der Waals surface area contributed by atoms with Gasteiger partial charge in [-0.1, -0.05) is 25.8 Å². The Kier molecular flexibility index (Phi) is 8.24. The van der Waals surface area contributed by atoms with E-state index in [0.29, 0.717) is 6.61 Å². The van der Waals surface area contributed by atoms with Crippen LogP contribution in [0.5, 0.6) is 0 Å². The van der Waals surface area contributed by atoms with Crippen LogP contribution in [0.25, 0.3) is 0 Å². The van der Waals surface area contributed by atoms with Gasteiger partial charge >= 0.3 is 5.97 Å². The smallest absolute Gasteiger partial charge is 0.357 e. The summed E-state index contributed by atoms with van der Waals surface area (Å²) in [4.78, 5) is 14.9. The van der Waals surface area contributed by atoms with Gasteiger partial charge in [-0.15, -0.1) is 0 Å². The Balaban J connectivity index is 3.74. The molecule has 0 aromatic rings. The number of allylic oxidation sites excluding steroid dienone is 1. The van der Waals surface area contributed by atoms with E-state index in [2.05, 4.69) is 11.9 Å². The fraction of sp³-hybridized carbons (Fsp3) is 0.545. The van der Waals surface area contributed by atoms with Crippen LogP contribution in [0.1, 0.15) is 33.1 Å². The molecule has 0 heterocycles. The van der Waals surface area contributed by atoms with E-state index in [1.165, 1.54) is 12.4 Å². The van der Waals surface area contributed by atoms with Crippen LogP contribution >= 0.6 is 0 Å². The third-order valence-corrected chi connectivity index (χ3v) is 1.64. The number of ether oxygens (including phenoxy) is 1. The molecular weight excluding hydrogens is 192 g/mol. The highest BCUT2D eigenvalue weighted by molar-refractivity contribution is 6.58. The topological polar surface area (TPSA) is 62.5 Å². The van der Waals surface area contributed by atoms with Crippen molar-refractivity contribution in [3.05, 3.63) is 12.3 Å². The summed E-state index contributed by atoms with van der Waals surface area (Å²) in [6, 6.07) is 0. The molecule has 0 saturated carbocycles. The van der Waals surface area contributed by atoms with Gasteiger partial charge in [0.25, 0.3) is 0 Å². The summed E-state index contributed by atoms with van der Waals surface area (Å²) in [5, 5.41) is 7.30. The van der Waals surface area contributed by atoms with Gasteiger partial charge in [0.05, 0.1) is 12.8 Å². The first-order chi connectivity index (χ1) is 7.22. The number of carbonyl (C=O) groups is 1. The highest BCUT2D eigenvalue weighted by Gasteiger charge is 2.06. The number of aliphatic imine (C=N–C) groups is 1. The second-order valence-electron chi connectivity index (χ2n) is 3.02. The molecule has 0 unspecified atom stereocenters. The predicted octanol–water partition coefficient (Wildman–Crippen LogP) is 2.34. The lowest BCUT2D eigenvalue weighted by molar-refractivity contribution is -0.135. The molecule has 0 aliphatic rings. The number of hydrogen-bond donors (Lipinski definition) is 1. The molecule has 0 aromatic heterocycles. The Labute approximate surface area is 90.6 Å². The standard InChI is InChI=1S/C11H18N2O2/c1-3-5-6-8-15-11(14)10(12)9-13-7-4-2/h4,7,9,12H,3,5-6,8H2,1-2H3. The molecule has 0 rings (SSSR count). The lowest BCUT2D eigenvalue weighted by atomic mass is 10.3. The fourth-order valence-corrected chi connectivity index (χ4v) is 0.851. The van der Waals surface area contributed by atoms with E-state index < -0.39 is 5.97 Å². The van der Waals surface area contributed by atoms with Gasteiger partial charge in [-0.3, -0.25) is 10.4 Å². The molecule has 4 nitrogen and oxygen atoms in total. The number of esters is 1. The largest absolute Gasteiger partial charge is 0.461 e. The molecule has 84 valence electrons. The molecule has 1 N–H and O–H groups in total. The third kappa shape index (κ3) is 7.61. The minimum atomic E-state index is -0.612. The molecule has 0 saturated heterocycles. The first-order valence-corrected chi connectivity index (χ1v) is 5.12. The monoisotopic (exact) mass is 210 g/mol. The van der Waals surface area contributed by atoms with Crippen molar-refractivity contribution in [3.8, 4) is 0 Å². The van der Waals surface area contributed by atoms with Crippen LogP contribution in [0.15, 0.2) is 17.3 Å². The van der Waals surface area contributed by atoms with Crippen molar-refractivity contribution < 1.29 is 9.53 Å². The number of carbonyl (C=O) groups excluding carboxylic acids is 1. The zero-order valence-electron chi connectivity index (χ0n) is 9.32. The van der Waals surface area contributed by atoms with Gasteiger partial charge in [0.1, 0.15) is 0 Å². The molecule has 0 bridgehead atoms. The van der Waals surface area contributed by atoms with Crippen molar-refractivity contribution >= 4 is 17.9 Å². The maximum Gasteiger partial charge on any atom is 0.357 e. The number of unbranched alkanes of at least 4 members (excludes halogenated alkanes) is 2. The Hall–Kier alpha value is -1.45. The molecular formula is C11H18N2O2. The van der Waals surface area contributed by atoms with E-state index >= 15 is 0 Å². The van der Waals surface area contributed by atoms with E-state index in [-0.39, 0.29) is 5.71 Å². The van der Waals surface area contributed by atoms with Gasteiger partial charge in [-0.25, -0.2) is 4.79 Å². The van der Waals surface area contributed by atoms with Crippen LogP contribution in [-0.4, -0.2) is 24.5 Å². The van der Waals surface area contributed by atoms with Gasteiger partial charge < -0.3 is 4.74 Å². The van der Waals surface area contributed by atoms with Gasteiger partial charge in [0.15, 0.2) is 5.71 Å². The second-order valence-corrected chi connectivity index (χ2v) is 3.02.